The number of hydrogen-bond donors (Lipinski definition) is 1. The van der Waals surface area contributed by atoms with Crippen LogP contribution in [0.5, 0.6) is 0 Å². The third-order valence-corrected chi connectivity index (χ3v) is 5.81. The first-order chi connectivity index (χ1) is 12.8. The fraction of sp³-hybridized carbons (Fsp3) is 0.100. The van der Waals surface area contributed by atoms with Gasteiger partial charge in [0.2, 0.25) is 9.84 Å². The standard InChI is InChI=1S/C20H17FN2O3S/c1-13-6-8-18(10-14(13)2)27(25,26)19-9-7-15(12-22-19)20(24)23-17-5-3-4-16(21)11-17/h3-12H,1-2H3,(H,23,24). The maximum Gasteiger partial charge on any atom is 0.257 e. The zero-order valence-corrected chi connectivity index (χ0v) is 15.5. The first-order valence-corrected chi connectivity index (χ1v) is 9.61. The van der Waals surface area contributed by atoms with E-state index in [0.717, 1.165) is 11.1 Å². The number of benzene rings is 2. The van der Waals surface area contributed by atoms with Crippen LogP contribution in [0, 0.1) is 19.7 Å². The Morgan fingerprint density at radius 1 is 1.00 bits per heavy atom. The van der Waals surface area contributed by atoms with Gasteiger partial charge in [0.25, 0.3) is 5.91 Å². The summed E-state index contributed by atoms with van der Waals surface area (Å²) in [4.78, 5) is 16.3. The Kier molecular flexibility index (Phi) is 5.05. The molecule has 1 amide bonds. The van der Waals surface area contributed by atoms with Gasteiger partial charge in [0.15, 0.2) is 5.03 Å². The van der Waals surface area contributed by atoms with Crippen molar-refractivity contribution < 1.29 is 17.6 Å². The summed E-state index contributed by atoms with van der Waals surface area (Å²) in [6, 6.07) is 13.0. The molecule has 27 heavy (non-hydrogen) atoms. The van der Waals surface area contributed by atoms with Crippen LogP contribution in [-0.2, 0) is 9.84 Å². The molecule has 138 valence electrons. The number of nitrogens with zero attached hydrogens (tertiary/aromatic N) is 1. The summed E-state index contributed by atoms with van der Waals surface area (Å²) in [6.45, 7) is 3.73. The Labute approximate surface area is 156 Å². The van der Waals surface area contributed by atoms with E-state index in [-0.39, 0.29) is 15.5 Å². The molecule has 5 nitrogen and oxygen atoms in total. The van der Waals surface area contributed by atoms with Crippen LogP contribution in [0.2, 0.25) is 0 Å². The van der Waals surface area contributed by atoms with Crippen molar-refractivity contribution in [3.8, 4) is 0 Å². The molecule has 0 aliphatic rings. The minimum absolute atomic E-state index is 0.145. The number of aryl methyl sites for hydroxylation is 2. The van der Waals surface area contributed by atoms with Crippen molar-refractivity contribution in [2.75, 3.05) is 5.32 Å². The summed E-state index contributed by atoms with van der Waals surface area (Å²) >= 11 is 0. The number of sulfone groups is 1. The molecule has 1 N–H and O–H groups in total. The number of carbonyl (C=O) groups excluding carboxylic acids is 1. The van der Waals surface area contributed by atoms with Gasteiger partial charge in [-0.3, -0.25) is 4.79 Å². The minimum Gasteiger partial charge on any atom is -0.322 e. The largest absolute Gasteiger partial charge is 0.322 e. The molecule has 1 aromatic heterocycles. The first-order valence-electron chi connectivity index (χ1n) is 8.13. The van der Waals surface area contributed by atoms with Crippen LogP contribution in [0.1, 0.15) is 21.5 Å². The van der Waals surface area contributed by atoms with Crippen LogP contribution >= 0.6 is 0 Å². The van der Waals surface area contributed by atoms with E-state index in [1.165, 1.54) is 42.6 Å². The molecule has 1 heterocycles. The molecule has 2 aromatic carbocycles. The summed E-state index contributed by atoms with van der Waals surface area (Å²) in [5, 5.41) is 2.39. The molecule has 7 heteroatoms. The number of hydrogen-bond acceptors (Lipinski definition) is 4. The zero-order valence-electron chi connectivity index (χ0n) is 14.7. The van der Waals surface area contributed by atoms with Crippen molar-refractivity contribution in [1.82, 2.24) is 4.98 Å². The Bertz CT molecular complexity index is 1110. The summed E-state index contributed by atoms with van der Waals surface area (Å²) in [5.41, 5.74) is 2.32. The molecule has 0 unspecified atom stereocenters. The number of rotatable bonds is 4. The summed E-state index contributed by atoms with van der Waals surface area (Å²) in [5.74, 6) is -0.982. The lowest BCUT2D eigenvalue weighted by atomic mass is 10.1. The predicted molar refractivity (Wildman–Crippen MR) is 100.0 cm³/mol. The van der Waals surface area contributed by atoms with E-state index in [0.29, 0.717) is 5.69 Å². The van der Waals surface area contributed by atoms with E-state index in [4.69, 9.17) is 0 Å². The predicted octanol–water partition coefficient (Wildman–Crippen LogP) is 3.92. The summed E-state index contributed by atoms with van der Waals surface area (Å²) < 4.78 is 38.6. The highest BCUT2D eigenvalue weighted by Crippen LogP contribution is 2.22. The lowest BCUT2D eigenvalue weighted by Gasteiger charge is -2.08. The number of carbonyl (C=O) groups is 1. The molecular formula is C20H17FN2O3S. The fourth-order valence-electron chi connectivity index (χ4n) is 2.44. The van der Waals surface area contributed by atoms with Gasteiger partial charge in [0.1, 0.15) is 5.82 Å². The molecule has 0 spiro atoms. The molecule has 0 bridgehead atoms. The first kappa shape index (κ1) is 18.7. The molecule has 0 fully saturated rings. The highest BCUT2D eigenvalue weighted by molar-refractivity contribution is 7.91. The van der Waals surface area contributed by atoms with Crippen molar-refractivity contribution in [1.29, 1.82) is 0 Å². The smallest absolute Gasteiger partial charge is 0.257 e. The highest BCUT2D eigenvalue weighted by atomic mass is 32.2. The molecule has 0 aliphatic heterocycles. The van der Waals surface area contributed by atoms with Crippen molar-refractivity contribution in [3.63, 3.8) is 0 Å². The van der Waals surface area contributed by atoms with E-state index >= 15 is 0 Å². The van der Waals surface area contributed by atoms with Crippen LogP contribution in [-0.4, -0.2) is 19.3 Å². The van der Waals surface area contributed by atoms with E-state index in [2.05, 4.69) is 10.3 Å². The second kappa shape index (κ2) is 7.28. The van der Waals surface area contributed by atoms with E-state index < -0.39 is 21.6 Å². The summed E-state index contributed by atoms with van der Waals surface area (Å²) in [6.07, 6.45) is 1.18. The highest BCUT2D eigenvalue weighted by Gasteiger charge is 2.20. The Morgan fingerprint density at radius 3 is 2.41 bits per heavy atom. The fourth-order valence-corrected chi connectivity index (χ4v) is 3.70. The van der Waals surface area contributed by atoms with Gasteiger partial charge in [0, 0.05) is 11.9 Å². The quantitative estimate of drug-likeness (QED) is 0.740. The molecular weight excluding hydrogens is 367 g/mol. The van der Waals surface area contributed by atoms with Crippen molar-refractivity contribution in [2.24, 2.45) is 0 Å². The number of pyridine rings is 1. The van der Waals surface area contributed by atoms with Crippen LogP contribution in [0.25, 0.3) is 0 Å². The molecule has 3 aromatic rings. The van der Waals surface area contributed by atoms with Gasteiger partial charge >= 0.3 is 0 Å². The third-order valence-electron chi connectivity index (χ3n) is 4.15. The van der Waals surface area contributed by atoms with Crippen molar-refractivity contribution >= 4 is 21.4 Å². The van der Waals surface area contributed by atoms with Crippen LogP contribution < -0.4 is 5.32 Å². The van der Waals surface area contributed by atoms with Crippen LogP contribution in [0.15, 0.2) is 70.7 Å². The Morgan fingerprint density at radius 2 is 1.78 bits per heavy atom. The van der Waals surface area contributed by atoms with E-state index in [9.17, 15) is 17.6 Å². The second-order valence-electron chi connectivity index (χ2n) is 6.10. The molecule has 0 aliphatic carbocycles. The molecule has 3 rings (SSSR count). The average molecular weight is 384 g/mol. The molecule has 0 saturated heterocycles. The SMILES string of the molecule is Cc1ccc(S(=O)(=O)c2ccc(C(=O)Nc3cccc(F)c3)cn2)cc1C. The van der Waals surface area contributed by atoms with Gasteiger partial charge in [0.05, 0.1) is 10.5 Å². The van der Waals surface area contributed by atoms with Gasteiger partial charge in [-0.15, -0.1) is 0 Å². The number of aromatic nitrogens is 1. The third kappa shape index (κ3) is 4.03. The van der Waals surface area contributed by atoms with Gasteiger partial charge in [-0.1, -0.05) is 12.1 Å². The Hall–Kier alpha value is -3.06. The van der Waals surface area contributed by atoms with Gasteiger partial charge in [-0.05, 0) is 67.4 Å². The number of nitrogens with one attached hydrogen (secondary N) is 1. The number of halogens is 1. The van der Waals surface area contributed by atoms with Crippen LogP contribution in [0.3, 0.4) is 0 Å². The monoisotopic (exact) mass is 384 g/mol. The van der Waals surface area contributed by atoms with Gasteiger partial charge in [-0.25, -0.2) is 17.8 Å². The van der Waals surface area contributed by atoms with Gasteiger partial charge < -0.3 is 5.32 Å². The normalized spacial score (nSPS) is 11.2. The summed E-state index contributed by atoms with van der Waals surface area (Å²) in [7, 11) is -3.78. The van der Waals surface area contributed by atoms with E-state index in [1.54, 1.807) is 18.2 Å². The van der Waals surface area contributed by atoms with Crippen molar-refractivity contribution in [3.05, 3.63) is 83.3 Å². The zero-order chi connectivity index (χ0) is 19.6. The van der Waals surface area contributed by atoms with E-state index in [1.807, 2.05) is 13.8 Å². The minimum atomic E-state index is -3.78. The number of amides is 1. The second-order valence-corrected chi connectivity index (χ2v) is 8.00. The maximum absolute atomic E-state index is 13.2. The molecule has 0 saturated carbocycles. The lowest BCUT2D eigenvalue weighted by molar-refractivity contribution is 0.102. The Balaban J connectivity index is 1.83. The average Bonchev–Trinajstić information content (AvgIpc) is 2.64. The molecule has 0 radical (unpaired) electrons. The van der Waals surface area contributed by atoms with Crippen LogP contribution in [0.4, 0.5) is 10.1 Å². The maximum atomic E-state index is 13.2. The lowest BCUT2D eigenvalue weighted by Crippen LogP contribution is -2.13. The van der Waals surface area contributed by atoms with Gasteiger partial charge in [-0.2, -0.15) is 0 Å². The molecule has 0 atom stereocenters. The topological polar surface area (TPSA) is 76.1 Å². The van der Waals surface area contributed by atoms with Crippen molar-refractivity contribution in [2.45, 2.75) is 23.8 Å². The number of anilines is 1.